The summed E-state index contributed by atoms with van der Waals surface area (Å²) in [4.78, 5) is 13.3. The lowest BCUT2D eigenvalue weighted by Crippen LogP contribution is -2.46. The molecule has 0 spiro atoms. The third-order valence-electron chi connectivity index (χ3n) is 3.80. The molecule has 0 atom stereocenters. The molecule has 4 heterocycles. The highest BCUT2D eigenvalue weighted by Gasteiger charge is 2.21. The zero-order chi connectivity index (χ0) is 15.6. The number of anilines is 2. The van der Waals surface area contributed by atoms with E-state index < -0.39 is 0 Å². The molecule has 0 bridgehead atoms. The summed E-state index contributed by atoms with van der Waals surface area (Å²) in [5.74, 6) is 1.46. The predicted octanol–water partition coefficient (Wildman–Crippen LogP) is 0.340. The Bertz CT molecular complexity index is 756. The number of hydrogen-bond acceptors (Lipinski definition) is 9. The van der Waals surface area contributed by atoms with Crippen molar-refractivity contribution < 1.29 is 0 Å². The molecule has 0 aliphatic carbocycles. The molecule has 4 rings (SSSR count). The van der Waals surface area contributed by atoms with Crippen LogP contribution in [-0.4, -0.2) is 67.9 Å². The van der Waals surface area contributed by atoms with E-state index in [9.17, 15) is 0 Å². The van der Waals surface area contributed by atoms with Crippen LogP contribution in [0.25, 0.3) is 5.78 Å². The van der Waals surface area contributed by atoms with Crippen LogP contribution < -0.4 is 10.2 Å². The fourth-order valence-electron chi connectivity index (χ4n) is 2.58. The van der Waals surface area contributed by atoms with Crippen LogP contribution in [0.15, 0.2) is 18.5 Å². The Morgan fingerprint density at radius 2 is 2.09 bits per heavy atom. The lowest BCUT2D eigenvalue weighted by atomic mass is 10.3. The van der Waals surface area contributed by atoms with Crippen molar-refractivity contribution >= 4 is 27.4 Å². The maximum absolute atomic E-state index is 4.46. The van der Waals surface area contributed by atoms with Gasteiger partial charge in [-0.3, -0.25) is 4.90 Å². The van der Waals surface area contributed by atoms with Crippen LogP contribution in [0.5, 0.6) is 0 Å². The first-order valence-electron chi connectivity index (χ1n) is 7.46. The van der Waals surface area contributed by atoms with Gasteiger partial charge in [0.25, 0.3) is 5.78 Å². The van der Waals surface area contributed by atoms with Crippen LogP contribution in [0.2, 0.25) is 0 Å². The molecule has 1 aliphatic rings. The molecule has 3 aromatic heterocycles. The number of aromatic nitrogens is 6. The Kier molecular flexibility index (Phi) is 3.75. The number of fused-ring (bicyclic) bond motifs is 1. The minimum absolute atomic E-state index is 0.648. The molecule has 120 valence electrons. The molecule has 1 N–H and O–H groups in total. The molecular formula is C13H17N9S. The number of nitrogens with zero attached hydrogens (tertiary/aromatic N) is 8. The summed E-state index contributed by atoms with van der Waals surface area (Å²) in [6.45, 7) is 4.53. The molecule has 3 aromatic rings. The fraction of sp³-hybridized carbons (Fsp3) is 0.462. The van der Waals surface area contributed by atoms with Gasteiger partial charge in [-0.05, 0) is 6.07 Å². The Hall–Kier alpha value is -2.33. The first kappa shape index (κ1) is 14.3. The smallest absolute Gasteiger partial charge is 0.252 e. The molecule has 0 saturated carbocycles. The molecule has 23 heavy (non-hydrogen) atoms. The van der Waals surface area contributed by atoms with Gasteiger partial charge in [0.15, 0.2) is 5.82 Å². The van der Waals surface area contributed by atoms with Crippen LogP contribution in [-0.2, 0) is 6.54 Å². The average Bonchev–Trinajstić information content (AvgIpc) is 3.21. The van der Waals surface area contributed by atoms with Crippen LogP contribution in [0.1, 0.15) is 5.82 Å². The summed E-state index contributed by atoms with van der Waals surface area (Å²) < 4.78 is 1.71. The minimum Gasteiger partial charge on any atom is -0.363 e. The van der Waals surface area contributed by atoms with Crippen molar-refractivity contribution in [2.75, 3.05) is 43.4 Å². The van der Waals surface area contributed by atoms with E-state index in [4.69, 9.17) is 0 Å². The van der Waals surface area contributed by atoms with Gasteiger partial charge in [-0.1, -0.05) is 11.3 Å². The van der Waals surface area contributed by atoms with Crippen LogP contribution in [0.4, 0.5) is 10.3 Å². The topological polar surface area (TPSA) is 87.4 Å². The van der Waals surface area contributed by atoms with Gasteiger partial charge in [-0.25, -0.2) is 9.50 Å². The van der Waals surface area contributed by atoms with Crippen molar-refractivity contribution in [3.05, 3.63) is 24.3 Å². The first-order valence-corrected chi connectivity index (χ1v) is 8.28. The molecule has 0 unspecified atom stereocenters. The summed E-state index contributed by atoms with van der Waals surface area (Å²) in [7, 11) is 1.86. The Labute approximate surface area is 137 Å². The monoisotopic (exact) mass is 331 g/mol. The fourth-order valence-corrected chi connectivity index (χ4v) is 3.33. The van der Waals surface area contributed by atoms with Gasteiger partial charge in [-0.15, -0.1) is 15.3 Å². The van der Waals surface area contributed by atoms with Crippen LogP contribution >= 0.6 is 11.3 Å². The maximum atomic E-state index is 4.46. The summed E-state index contributed by atoms with van der Waals surface area (Å²) in [6.07, 6.45) is 3.60. The van der Waals surface area contributed by atoms with Crippen molar-refractivity contribution in [1.82, 2.24) is 34.7 Å². The van der Waals surface area contributed by atoms with Gasteiger partial charge < -0.3 is 10.2 Å². The second-order valence-electron chi connectivity index (χ2n) is 5.30. The third kappa shape index (κ3) is 2.94. The number of hydrogen-bond donors (Lipinski definition) is 1. The number of nitrogens with one attached hydrogen (secondary N) is 1. The quantitative estimate of drug-likeness (QED) is 0.732. The lowest BCUT2D eigenvalue weighted by molar-refractivity contribution is 0.244. The molecule has 0 amide bonds. The Morgan fingerprint density at radius 1 is 1.22 bits per heavy atom. The maximum Gasteiger partial charge on any atom is 0.252 e. The van der Waals surface area contributed by atoms with Gasteiger partial charge in [0.05, 0.1) is 6.54 Å². The SMILES string of the molecule is CNc1nnc(N2CCN(Cc3nc4ncccn4n3)CC2)s1. The van der Waals surface area contributed by atoms with E-state index in [1.807, 2.05) is 19.3 Å². The third-order valence-corrected chi connectivity index (χ3v) is 4.80. The number of piperazine rings is 1. The van der Waals surface area contributed by atoms with Gasteiger partial charge in [0.2, 0.25) is 10.3 Å². The van der Waals surface area contributed by atoms with Crippen LogP contribution in [0, 0.1) is 0 Å². The molecular weight excluding hydrogens is 314 g/mol. The Morgan fingerprint density at radius 3 is 2.83 bits per heavy atom. The second-order valence-corrected chi connectivity index (χ2v) is 6.25. The predicted molar refractivity (Wildman–Crippen MR) is 87.7 cm³/mol. The summed E-state index contributed by atoms with van der Waals surface area (Å²) in [5, 5.41) is 17.6. The van der Waals surface area contributed by atoms with Crippen LogP contribution in [0.3, 0.4) is 0 Å². The van der Waals surface area contributed by atoms with E-state index in [-0.39, 0.29) is 0 Å². The van der Waals surface area contributed by atoms with E-state index >= 15 is 0 Å². The van der Waals surface area contributed by atoms with Crippen molar-refractivity contribution in [2.24, 2.45) is 0 Å². The first-order chi connectivity index (χ1) is 11.3. The molecule has 0 radical (unpaired) electrons. The van der Waals surface area contributed by atoms with Crippen molar-refractivity contribution in [1.29, 1.82) is 0 Å². The summed E-state index contributed by atoms with van der Waals surface area (Å²) >= 11 is 1.59. The summed E-state index contributed by atoms with van der Waals surface area (Å²) in [6, 6.07) is 1.85. The van der Waals surface area contributed by atoms with Crippen molar-refractivity contribution in [3.63, 3.8) is 0 Å². The highest BCUT2D eigenvalue weighted by Crippen LogP contribution is 2.24. The Balaban J connectivity index is 1.37. The molecule has 1 saturated heterocycles. The van der Waals surface area contributed by atoms with E-state index in [1.54, 1.807) is 22.0 Å². The van der Waals surface area contributed by atoms with Crippen molar-refractivity contribution in [2.45, 2.75) is 6.54 Å². The standard InChI is InChI=1S/C13H17N9S/c1-14-12-17-18-13(23-12)21-7-5-20(6-8-21)9-10-16-11-15-3-2-4-22(11)19-10/h2-4H,5-9H2,1H3,(H,14,17). The molecule has 1 fully saturated rings. The molecule has 9 nitrogen and oxygen atoms in total. The number of rotatable bonds is 4. The van der Waals surface area contributed by atoms with E-state index in [2.05, 4.69) is 40.4 Å². The highest BCUT2D eigenvalue weighted by atomic mass is 32.1. The van der Waals surface area contributed by atoms with E-state index in [0.29, 0.717) is 5.78 Å². The van der Waals surface area contributed by atoms with Gasteiger partial charge in [-0.2, -0.15) is 4.98 Å². The highest BCUT2D eigenvalue weighted by molar-refractivity contribution is 7.19. The van der Waals surface area contributed by atoms with E-state index in [0.717, 1.165) is 48.8 Å². The lowest BCUT2D eigenvalue weighted by Gasteiger charge is -2.33. The minimum atomic E-state index is 0.648. The average molecular weight is 331 g/mol. The van der Waals surface area contributed by atoms with Gasteiger partial charge >= 0.3 is 0 Å². The molecule has 0 aromatic carbocycles. The molecule has 1 aliphatic heterocycles. The van der Waals surface area contributed by atoms with E-state index in [1.165, 1.54) is 0 Å². The zero-order valence-electron chi connectivity index (χ0n) is 12.8. The van der Waals surface area contributed by atoms with Gasteiger partial charge in [0.1, 0.15) is 0 Å². The zero-order valence-corrected chi connectivity index (χ0v) is 13.6. The summed E-state index contributed by atoms with van der Waals surface area (Å²) in [5.41, 5.74) is 0. The van der Waals surface area contributed by atoms with Gasteiger partial charge in [0, 0.05) is 45.6 Å². The second kappa shape index (κ2) is 6.05. The van der Waals surface area contributed by atoms with Crippen molar-refractivity contribution in [3.8, 4) is 0 Å². The largest absolute Gasteiger partial charge is 0.363 e. The molecule has 10 heteroatoms. The normalized spacial score (nSPS) is 16.1.